The molecular formula is C16H16ClNO5S. The lowest BCUT2D eigenvalue weighted by molar-refractivity contribution is -0.149. The molecule has 1 aliphatic heterocycles. The molecule has 0 spiro atoms. The molecule has 0 bridgehead atoms. The Morgan fingerprint density at radius 2 is 2.08 bits per heavy atom. The molecule has 1 aromatic carbocycles. The van der Waals surface area contributed by atoms with E-state index in [2.05, 4.69) is 0 Å². The molecule has 6 nitrogen and oxygen atoms in total. The molecule has 0 radical (unpaired) electrons. The first-order valence-electron chi connectivity index (χ1n) is 7.10. The number of carbonyl (C=O) groups excluding carboxylic acids is 3. The largest absolute Gasteiger partial charge is 0.496 e. The number of rotatable bonds is 5. The van der Waals surface area contributed by atoms with Gasteiger partial charge in [-0.15, -0.1) is 0 Å². The van der Waals surface area contributed by atoms with Crippen LogP contribution in [0.15, 0.2) is 23.1 Å². The van der Waals surface area contributed by atoms with Crippen LogP contribution in [0.2, 0.25) is 5.02 Å². The lowest BCUT2D eigenvalue weighted by Crippen LogP contribution is -2.35. The van der Waals surface area contributed by atoms with Crippen molar-refractivity contribution in [2.75, 3.05) is 13.7 Å². The maximum atomic E-state index is 12.4. The van der Waals surface area contributed by atoms with Crippen LogP contribution in [0, 0.1) is 0 Å². The van der Waals surface area contributed by atoms with Gasteiger partial charge in [-0.25, -0.2) is 0 Å². The van der Waals surface area contributed by atoms with Crippen LogP contribution in [0.4, 0.5) is 4.79 Å². The summed E-state index contributed by atoms with van der Waals surface area (Å²) in [5.74, 6) is -0.660. The van der Waals surface area contributed by atoms with Crippen molar-refractivity contribution >= 4 is 46.6 Å². The minimum atomic E-state index is -0.631. The van der Waals surface area contributed by atoms with Gasteiger partial charge in [0.25, 0.3) is 11.1 Å². The highest BCUT2D eigenvalue weighted by Crippen LogP contribution is 2.34. The van der Waals surface area contributed by atoms with E-state index in [1.54, 1.807) is 32.0 Å². The first kappa shape index (κ1) is 18.4. The summed E-state index contributed by atoms with van der Waals surface area (Å²) in [4.78, 5) is 37.1. The van der Waals surface area contributed by atoms with Crippen LogP contribution in [-0.4, -0.2) is 41.8 Å². The molecule has 2 amide bonds. The number of carbonyl (C=O) groups is 3. The summed E-state index contributed by atoms with van der Waals surface area (Å²) in [7, 11) is 1.49. The Morgan fingerprint density at radius 3 is 2.71 bits per heavy atom. The smallest absolute Gasteiger partial charge is 0.326 e. The van der Waals surface area contributed by atoms with Crippen molar-refractivity contribution < 1.29 is 23.9 Å². The van der Waals surface area contributed by atoms with Gasteiger partial charge in [-0.3, -0.25) is 19.3 Å². The summed E-state index contributed by atoms with van der Waals surface area (Å²) in [5.41, 5.74) is 0.570. The molecular weight excluding hydrogens is 354 g/mol. The average Bonchev–Trinajstić information content (AvgIpc) is 2.74. The van der Waals surface area contributed by atoms with Crippen molar-refractivity contribution in [1.82, 2.24) is 4.90 Å². The summed E-state index contributed by atoms with van der Waals surface area (Å²) in [5, 5.41) is -0.0465. The van der Waals surface area contributed by atoms with Gasteiger partial charge in [0.2, 0.25) is 0 Å². The fraction of sp³-hybridized carbons (Fsp3) is 0.312. The normalized spacial score (nSPS) is 16.2. The van der Waals surface area contributed by atoms with Crippen molar-refractivity contribution in [3.63, 3.8) is 0 Å². The van der Waals surface area contributed by atoms with Gasteiger partial charge in [0.1, 0.15) is 12.3 Å². The summed E-state index contributed by atoms with van der Waals surface area (Å²) in [6.07, 6.45) is 1.20. The van der Waals surface area contributed by atoms with Crippen LogP contribution in [0.25, 0.3) is 6.08 Å². The summed E-state index contributed by atoms with van der Waals surface area (Å²) in [6, 6.07) is 4.95. The number of amides is 2. The minimum absolute atomic E-state index is 0.193. The van der Waals surface area contributed by atoms with Gasteiger partial charge < -0.3 is 9.47 Å². The van der Waals surface area contributed by atoms with E-state index in [0.29, 0.717) is 16.3 Å². The number of ether oxygens (including phenoxy) is 2. The molecule has 2 rings (SSSR count). The van der Waals surface area contributed by atoms with Crippen LogP contribution in [0.3, 0.4) is 0 Å². The van der Waals surface area contributed by atoms with E-state index < -0.39 is 23.7 Å². The molecule has 0 aromatic heterocycles. The van der Waals surface area contributed by atoms with Gasteiger partial charge in [-0.05, 0) is 49.9 Å². The molecule has 1 aromatic rings. The molecule has 128 valence electrons. The van der Waals surface area contributed by atoms with Gasteiger partial charge in [-0.2, -0.15) is 0 Å². The van der Waals surface area contributed by atoms with E-state index in [-0.39, 0.29) is 11.0 Å². The predicted molar refractivity (Wildman–Crippen MR) is 91.9 cm³/mol. The molecule has 0 saturated carbocycles. The van der Waals surface area contributed by atoms with E-state index in [1.807, 2.05) is 0 Å². The number of imide groups is 1. The molecule has 1 aliphatic rings. The highest BCUT2D eigenvalue weighted by molar-refractivity contribution is 8.18. The van der Waals surface area contributed by atoms with E-state index in [9.17, 15) is 14.4 Å². The molecule has 1 heterocycles. The molecule has 24 heavy (non-hydrogen) atoms. The molecule has 0 unspecified atom stereocenters. The molecule has 8 heteroatoms. The maximum absolute atomic E-state index is 12.4. The third kappa shape index (κ3) is 4.30. The molecule has 1 saturated heterocycles. The SMILES string of the molecule is COc1ccc(Cl)cc1/C=C1/SC(=O)N(CC(=O)OC(C)C)C1=O. The van der Waals surface area contributed by atoms with Crippen LogP contribution in [0.1, 0.15) is 19.4 Å². The van der Waals surface area contributed by atoms with Crippen molar-refractivity contribution in [1.29, 1.82) is 0 Å². The standard InChI is InChI=1S/C16H16ClNO5S/c1-9(2)23-14(19)8-18-15(20)13(24-16(18)21)7-10-6-11(17)4-5-12(10)22-3/h4-7,9H,8H2,1-3H3/b13-7+. The van der Waals surface area contributed by atoms with Gasteiger partial charge in [0.15, 0.2) is 0 Å². The van der Waals surface area contributed by atoms with Crippen LogP contribution >= 0.6 is 23.4 Å². The Bertz CT molecular complexity index is 716. The number of halogens is 1. The topological polar surface area (TPSA) is 72.9 Å². The van der Waals surface area contributed by atoms with E-state index in [4.69, 9.17) is 21.1 Å². The van der Waals surface area contributed by atoms with Crippen molar-refractivity contribution in [2.24, 2.45) is 0 Å². The first-order chi connectivity index (χ1) is 11.3. The predicted octanol–water partition coefficient (Wildman–Crippen LogP) is 3.34. The summed E-state index contributed by atoms with van der Waals surface area (Å²) in [6.45, 7) is 2.97. The highest BCUT2D eigenvalue weighted by Gasteiger charge is 2.37. The fourth-order valence-electron chi connectivity index (χ4n) is 2.02. The number of hydrogen-bond acceptors (Lipinski definition) is 6. The van der Waals surface area contributed by atoms with Gasteiger partial charge >= 0.3 is 5.97 Å². The Labute approximate surface area is 148 Å². The summed E-state index contributed by atoms with van der Waals surface area (Å²) < 4.78 is 10.2. The zero-order valence-corrected chi connectivity index (χ0v) is 14.9. The average molecular weight is 370 g/mol. The third-order valence-corrected chi connectivity index (χ3v) is 4.15. The maximum Gasteiger partial charge on any atom is 0.326 e. The Morgan fingerprint density at radius 1 is 1.38 bits per heavy atom. The quantitative estimate of drug-likeness (QED) is 0.585. The fourth-order valence-corrected chi connectivity index (χ4v) is 3.03. The van der Waals surface area contributed by atoms with Crippen LogP contribution in [0.5, 0.6) is 5.75 Å². The Balaban J connectivity index is 2.22. The second-order valence-electron chi connectivity index (χ2n) is 5.19. The number of nitrogens with zero attached hydrogens (tertiary/aromatic N) is 1. The number of thioether (sulfide) groups is 1. The zero-order chi connectivity index (χ0) is 17.9. The number of methoxy groups -OCH3 is 1. The lowest BCUT2D eigenvalue weighted by atomic mass is 10.2. The van der Waals surface area contributed by atoms with Gasteiger partial charge in [0.05, 0.1) is 18.1 Å². The Hall–Kier alpha value is -1.99. The van der Waals surface area contributed by atoms with Gasteiger partial charge in [-0.1, -0.05) is 11.6 Å². The van der Waals surface area contributed by atoms with E-state index in [0.717, 1.165) is 16.7 Å². The molecule has 0 N–H and O–H groups in total. The number of benzene rings is 1. The molecule has 0 atom stereocenters. The molecule has 0 aliphatic carbocycles. The van der Waals surface area contributed by atoms with Gasteiger partial charge in [0, 0.05) is 10.6 Å². The summed E-state index contributed by atoms with van der Waals surface area (Å²) >= 11 is 6.71. The second kappa shape index (κ2) is 7.72. The number of esters is 1. The van der Waals surface area contributed by atoms with Crippen LogP contribution in [-0.2, 0) is 14.3 Å². The second-order valence-corrected chi connectivity index (χ2v) is 6.62. The third-order valence-electron chi connectivity index (χ3n) is 3.01. The Kier molecular flexibility index (Phi) is 5.90. The van der Waals surface area contributed by atoms with E-state index >= 15 is 0 Å². The van der Waals surface area contributed by atoms with Crippen molar-refractivity contribution in [3.8, 4) is 5.75 Å². The van der Waals surface area contributed by atoms with Crippen molar-refractivity contribution in [2.45, 2.75) is 20.0 Å². The number of hydrogen-bond donors (Lipinski definition) is 0. The van der Waals surface area contributed by atoms with E-state index in [1.165, 1.54) is 13.2 Å². The highest BCUT2D eigenvalue weighted by atomic mass is 35.5. The van der Waals surface area contributed by atoms with Crippen molar-refractivity contribution in [3.05, 3.63) is 33.7 Å². The lowest BCUT2D eigenvalue weighted by Gasteiger charge is -2.13. The zero-order valence-electron chi connectivity index (χ0n) is 13.4. The molecule has 1 fully saturated rings. The van der Waals surface area contributed by atoms with Crippen LogP contribution < -0.4 is 4.74 Å². The minimum Gasteiger partial charge on any atom is -0.496 e. The first-order valence-corrected chi connectivity index (χ1v) is 8.29. The monoisotopic (exact) mass is 369 g/mol.